The highest BCUT2D eigenvalue weighted by molar-refractivity contribution is 6.19. The zero-order chi connectivity index (χ0) is 18.2. The van der Waals surface area contributed by atoms with E-state index in [0.717, 1.165) is 5.56 Å². The summed E-state index contributed by atoms with van der Waals surface area (Å²) in [6.07, 6.45) is 1.60. The van der Waals surface area contributed by atoms with Gasteiger partial charge in [-0.3, -0.25) is 14.5 Å². The maximum atomic E-state index is 13.1. The van der Waals surface area contributed by atoms with Gasteiger partial charge in [0, 0.05) is 17.9 Å². The number of rotatable bonds is 3. The lowest BCUT2D eigenvalue weighted by Gasteiger charge is -2.40. The Labute approximate surface area is 146 Å². The highest BCUT2D eigenvalue weighted by Gasteiger charge is 2.51. The van der Waals surface area contributed by atoms with Crippen LogP contribution in [0.4, 0.5) is 11.5 Å². The van der Waals surface area contributed by atoms with E-state index in [9.17, 15) is 9.59 Å². The van der Waals surface area contributed by atoms with Crippen LogP contribution in [0.3, 0.4) is 0 Å². The average Bonchev–Trinajstić information content (AvgIpc) is 2.55. The van der Waals surface area contributed by atoms with Gasteiger partial charge in [0.05, 0.1) is 0 Å². The molecule has 0 fully saturated rings. The summed E-state index contributed by atoms with van der Waals surface area (Å²) in [6, 6.07) is 10.7. The number of anilines is 2. The predicted molar refractivity (Wildman–Crippen MR) is 95.7 cm³/mol. The predicted octanol–water partition coefficient (Wildman–Crippen LogP) is 2.92. The first-order chi connectivity index (χ1) is 11.8. The largest absolute Gasteiger partial charge is 0.464 e. The van der Waals surface area contributed by atoms with Crippen LogP contribution in [0, 0.1) is 6.92 Å². The molecule has 2 heterocycles. The van der Waals surface area contributed by atoms with Gasteiger partial charge in [-0.15, -0.1) is 0 Å². The van der Waals surface area contributed by atoms with Crippen LogP contribution in [-0.2, 0) is 9.59 Å². The fourth-order valence-corrected chi connectivity index (χ4v) is 2.83. The van der Waals surface area contributed by atoms with Crippen molar-refractivity contribution in [3.8, 4) is 5.75 Å². The molecule has 1 aliphatic heterocycles. The molecule has 130 valence electrons. The van der Waals surface area contributed by atoms with Crippen LogP contribution in [0.1, 0.15) is 26.3 Å². The summed E-state index contributed by atoms with van der Waals surface area (Å²) in [5.74, 6) is -0.0943. The maximum absolute atomic E-state index is 13.1. The molecule has 1 aromatic heterocycles. The summed E-state index contributed by atoms with van der Waals surface area (Å²) in [7, 11) is 0. The van der Waals surface area contributed by atoms with Crippen molar-refractivity contribution in [1.29, 1.82) is 0 Å². The number of aromatic nitrogens is 1. The molecule has 0 saturated carbocycles. The van der Waals surface area contributed by atoms with Gasteiger partial charge >= 0.3 is 0 Å². The molecule has 2 aromatic rings. The van der Waals surface area contributed by atoms with Crippen LogP contribution in [0.5, 0.6) is 5.75 Å². The third-order valence-electron chi connectivity index (χ3n) is 4.15. The van der Waals surface area contributed by atoms with Crippen molar-refractivity contribution < 1.29 is 14.3 Å². The van der Waals surface area contributed by atoms with Crippen LogP contribution in [0.2, 0.25) is 0 Å². The van der Waals surface area contributed by atoms with Crippen molar-refractivity contribution in [2.45, 2.75) is 39.3 Å². The van der Waals surface area contributed by atoms with E-state index in [2.05, 4.69) is 10.3 Å². The summed E-state index contributed by atoms with van der Waals surface area (Å²) in [4.78, 5) is 31.7. The molecule has 1 aliphatic rings. The Bertz CT molecular complexity index is 834. The summed E-state index contributed by atoms with van der Waals surface area (Å²) in [5, 5.41) is 2.78. The van der Waals surface area contributed by atoms with Gasteiger partial charge in [0.1, 0.15) is 0 Å². The second kappa shape index (κ2) is 6.20. The minimum absolute atomic E-state index is 0.156. The molecule has 1 aromatic carbocycles. The molecule has 6 nitrogen and oxygen atoms in total. The standard InChI is InChI=1S/C19H21N3O3/c1-12(2)22-16-15(9-6-10-20-16)25-19(4,18(22)24)17(23)21-14-8-5-7-13(3)11-14/h5-12H,1-4H3,(H,21,23)/t19-/m1/s1. The molecule has 0 unspecified atom stereocenters. The van der Waals surface area contributed by atoms with E-state index in [-0.39, 0.29) is 6.04 Å². The number of hydrogen-bond donors (Lipinski definition) is 1. The van der Waals surface area contributed by atoms with Gasteiger partial charge in [-0.2, -0.15) is 0 Å². The minimum atomic E-state index is -1.66. The van der Waals surface area contributed by atoms with Crippen molar-refractivity contribution in [2.24, 2.45) is 0 Å². The number of carbonyl (C=O) groups is 2. The Hall–Kier alpha value is -2.89. The van der Waals surface area contributed by atoms with Crippen LogP contribution in [-0.4, -0.2) is 28.4 Å². The zero-order valence-electron chi connectivity index (χ0n) is 14.7. The topological polar surface area (TPSA) is 71.5 Å². The lowest BCUT2D eigenvalue weighted by atomic mass is 9.99. The molecule has 0 aliphatic carbocycles. The van der Waals surface area contributed by atoms with E-state index < -0.39 is 17.4 Å². The second-order valence-corrected chi connectivity index (χ2v) is 6.55. The maximum Gasteiger partial charge on any atom is 0.282 e. The van der Waals surface area contributed by atoms with Crippen molar-refractivity contribution in [3.63, 3.8) is 0 Å². The Morgan fingerprint density at radius 1 is 1.28 bits per heavy atom. The third-order valence-corrected chi connectivity index (χ3v) is 4.15. The molecule has 0 saturated heterocycles. The summed E-state index contributed by atoms with van der Waals surface area (Å²) in [6.45, 7) is 7.18. The summed E-state index contributed by atoms with van der Waals surface area (Å²) < 4.78 is 5.81. The fourth-order valence-electron chi connectivity index (χ4n) is 2.83. The molecular weight excluding hydrogens is 318 g/mol. The van der Waals surface area contributed by atoms with Crippen LogP contribution < -0.4 is 15.0 Å². The van der Waals surface area contributed by atoms with E-state index in [1.54, 1.807) is 24.4 Å². The van der Waals surface area contributed by atoms with Gasteiger partial charge in [-0.1, -0.05) is 12.1 Å². The number of nitrogens with one attached hydrogen (secondary N) is 1. The van der Waals surface area contributed by atoms with E-state index >= 15 is 0 Å². The Morgan fingerprint density at radius 3 is 2.72 bits per heavy atom. The molecule has 0 radical (unpaired) electrons. The summed E-state index contributed by atoms with van der Waals surface area (Å²) >= 11 is 0. The number of carbonyl (C=O) groups excluding carboxylic acids is 2. The number of aryl methyl sites for hydroxylation is 1. The van der Waals surface area contributed by atoms with E-state index in [0.29, 0.717) is 17.3 Å². The first-order valence-corrected chi connectivity index (χ1v) is 8.19. The van der Waals surface area contributed by atoms with Crippen molar-refractivity contribution in [1.82, 2.24) is 4.98 Å². The zero-order valence-corrected chi connectivity index (χ0v) is 14.7. The number of pyridine rings is 1. The average molecular weight is 339 g/mol. The van der Waals surface area contributed by atoms with Gasteiger partial charge in [0.15, 0.2) is 11.6 Å². The van der Waals surface area contributed by atoms with Gasteiger partial charge in [0.25, 0.3) is 17.4 Å². The Morgan fingerprint density at radius 2 is 2.04 bits per heavy atom. The second-order valence-electron chi connectivity index (χ2n) is 6.55. The number of ether oxygens (including phenoxy) is 1. The normalized spacial score (nSPS) is 19.4. The number of amides is 2. The molecule has 6 heteroatoms. The first kappa shape index (κ1) is 17.0. The van der Waals surface area contributed by atoms with Gasteiger partial charge < -0.3 is 10.1 Å². The highest BCUT2D eigenvalue weighted by Crippen LogP contribution is 2.37. The number of hydrogen-bond acceptors (Lipinski definition) is 4. The van der Waals surface area contributed by atoms with Crippen LogP contribution in [0.15, 0.2) is 42.6 Å². The molecule has 1 atom stereocenters. The van der Waals surface area contributed by atoms with Crippen LogP contribution in [0.25, 0.3) is 0 Å². The quantitative estimate of drug-likeness (QED) is 0.873. The molecular formula is C19H21N3O3. The monoisotopic (exact) mass is 339 g/mol. The Kier molecular flexibility index (Phi) is 4.20. The van der Waals surface area contributed by atoms with Crippen LogP contribution >= 0.6 is 0 Å². The minimum Gasteiger partial charge on any atom is -0.464 e. The highest BCUT2D eigenvalue weighted by atomic mass is 16.5. The molecule has 0 spiro atoms. The molecule has 3 rings (SSSR count). The van der Waals surface area contributed by atoms with E-state index in [1.807, 2.05) is 39.0 Å². The third kappa shape index (κ3) is 2.95. The van der Waals surface area contributed by atoms with Gasteiger partial charge in [-0.25, -0.2) is 4.98 Å². The van der Waals surface area contributed by atoms with Gasteiger partial charge in [-0.05, 0) is 57.5 Å². The number of benzene rings is 1. The smallest absolute Gasteiger partial charge is 0.282 e. The first-order valence-electron chi connectivity index (χ1n) is 8.19. The van der Waals surface area contributed by atoms with Crippen molar-refractivity contribution >= 4 is 23.3 Å². The van der Waals surface area contributed by atoms with Crippen molar-refractivity contribution in [2.75, 3.05) is 10.2 Å². The SMILES string of the molecule is Cc1cccc(NC(=O)[C@@]2(C)Oc3cccnc3N(C(C)C)C2=O)c1. The Balaban J connectivity index is 1.97. The van der Waals surface area contributed by atoms with E-state index in [1.165, 1.54) is 11.8 Å². The lowest BCUT2D eigenvalue weighted by molar-refractivity contribution is -0.145. The van der Waals surface area contributed by atoms with Gasteiger partial charge in [0.2, 0.25) is 0 Å². The molecule has 2 amide bonds. The lowest BCUT2D eigenvalue weighted by Crippen LogP contribution is -2.62. The fraction of sp³-hybridized carbons (Fsp3) is 0.316. The molecule has 1 N–H and O–H groups in total. The number of nitrogens with zero attached hydrogens (tertiary/aromatic N) is 2. The summed E-state index contributed by atoms with van der Waals surface area (Å²) in [5.41, 5.74) is -0.0303. The molecule has 25 heavy (non-hydrogen) atoms. The van der Waals surface area contributed by atoms with E-state index in [4.69, 9.17) is 4.74 Å². The molecule has 0 bridgehead atoms. The van der Waals surface area contributed by atoms with Crippen molar-refractivity contribution in [3.05, 3.63) is 48.2 Å². The number of fused-ring (bicyclic) bond motifs is 1.